The number of esters is 3. The fourth-order valence-electron chi connectivity index (χ4n) is 7.22. The molecule has 1 aromatic rings. The SMILES string of the molecule is COC/C=C/C(C)=C1\CO[C@@H](CC(C)C)\C1=C/[C@@H]1N=C2O[C@H]1COC(=O)[C@@H](CC(C)C)CC(=O)O[C@H]1[C@@H](OC(=O)[C@]1(C)CO)/C(C)=C/Cc1ccc2[nH]1. The molecule has 53 heavy (non-hydrogen) atoms. The first-order chi connectivity index (χ1) is 25.2. The number of rotatable bonds is 9. The van der Waals surface area contributed by atoms with Crippen molar-refractivity contribution in [3.63, 3.8) is 0 Å². The van der Waals surface area contributed by atoms with Crippen molar-refractivity contribution < 1.29 is 47.9 Å². The monoisotopic (exact) mass is 736 g/mol. The number of fused-ring (bicyclic) bond motifs is 6. The Balaban J connectivity index is 1.53. The molecule has 0 saturated carbocycles. The lowest BCUT2D eigenvalue weighted by Gasteiger charge is -2.28. The summed E-state index contributed by atoms with van der Waals surface area (Å²) in [6.45, 7) is 13.9. The zero-order chi connectivity index (χ0) is 38.4. The number of allylic oxidation sites excluding steroid dienone is 3. The summed E-state index contributed by atoms with van der Waals surface area (Å²) in [6, 6.07) is 3.32. The van der Waals surface area contributed by atoms with Crippen molar-refractivity contribution in [2.24, 2.45) is 28.2 Å². The van der Waals surface area contributed by atoms with Crippen LogP contribution in [0.2, 0.25) is 0 Å². The molecule has 2 fully saturated rings. The molecule has 4 aliphatic heterocycles. The van der Waals surface area contributed by atoms with Crippen LogP contribution >= 0.6 is 0 Å². The van der Waals surface area contributed by atoms with Crippen molar-refractivity contribution in [3.8, 4) is 0 Å². The molecule has 5 heterocycles. The van der Waals surface area contributed by atoms with Crippen molar-refractivity contribution in [2.45, 2.75) is 105 Å². The van der Waals surface area contributed by atoms with Crippen LogP contribution in [0.5, 0.6) is 0 Å². The molecule has 2 saturated heterocycles. The van der Waals surface area contributed by atoms with Crippen molar-refractivity contribution in [1.29, 1.82) is 0 Å². The molecule has 12 heteroatoms. The molecule has 0 amide bonds. The molecule has 2 N–H and O–H groups in total. The first-order valence-corrected chi connectivity index (χ1v) is 18.7. The summed E-state index contributed by atoms with van der Waals surface area (Å²) >= 11 is 0. The summed E-state index contributed by atoms with van der Waals surface area (Å²) < 4.78 is 35.6. The highest BCUT2D eigenvalue weighted by Crippen LogP contribution is 2.40. The minimum Gasteiger partial charge on any atom is -0.467 e. The van der Waals surface area contributed by atoms with E-state index in [1.165, 1.54) is 6.92 Å². The summed E-state index contributed by atoms with van der Waals surface area (Å²) in [7, 11) is 1.66. The van der Waals surface area contributed by atoms with Crippen LogP contribution in [0.3, 0.4) is 0 Å². The number of carbonyl (C=O) groups excluding carboxylic acids is 3. The number of cyclic esters (lactones) is 1. The number of aliphatic hydroxyl groups is 1. The fourth-order valence-corrected chi connectivity index (χ4v) is 7.22. The molecular formula is C41H56N2O10. The maximum atomic E-state index is 13.8. The molecule has 0 radical (unpaired) electrons. The first kappa shape index (κ1) is 40.2. The van der Waals surface area contributed by atoms with E-state index < -0.39 is 60.2 Å². The molecule has 1 aromatic heterocycles. The van der Waals surface area contributed by atoms with Gasteiger partial charge < -0.3 is 38.5 Å². The lowest BCUT2D eigenvalue weighted by Crippen LogP contribution is -2.43. The van der Waals surface area contributed by atoms with Gasteiger partial charge in [0.05, 0.1) is 38.3 Å². The number of aromatic nitrogens is 1. The van der Waals surface area contributed by atoms with Gasteiger partial charge in [-0.05, 0) is 85.9 Å². The van der Waals surface area contributed by atoms with Crippen LogP contribution in [0, 0.1) is 23.2 Å². The zero-order valence-corrected chi connectivity index (χ0v) is 32.3. The fraction of sp³-hybridized carbons (Fsp3) is 0.610. The molecule has 0 spiro atoms. The van der Waals surface area contributed by atoms with Crippen molar-refractivity contribution in [2.75, 3.05) is 33.5 Å². The minimum absolute atomic E-state index is 0.0686. The van der Waals surface area contributed by atoms with Crippen molar-refractivity contribution >= 4 is 23.8 Å². The minimum atomic E-state index is -1.46. The van der Waals surface area contributed by atoms with E-state index >= 15 is 0 Å². The summed E-state index contributed by atoms with van der Waals surface area (Å²) in [6.07, 6.45) is 6.64. The average molecular weight is 737 g/mol. The molecule has 7 atom stereocenters. The summed E-state index contributed by atoms with van der Waals surface area (Å²) in [5.74, 6) is -1.85. The Morgan fingerprint density at radius 1 is 1.11 bits per heavy atom. The predicted molar refractivity (Wildman–Crippen MR) is 198 cm³/mol. The number of nitrogens with one attached hydrogen (secondary N) is 1. The zero-order valence-electron chi connectivity index (χ0n) is 32.3. The largest absolute Gasteiger partial charge is 0.467 e. The highest BCUT2D eigenvalue weighted by Gasteiger charge is 2.57. The normalized spacial score (nSPS) is 32.5. The lowest BCUT2D eigenvalue weighted by molar-refractivity contribution is -0.164. The molecule has 4 aliphatic rings. The number of hydrogen-bond donors (Lipinski definition) is 2. The lowest BCUT2D eigenvalue weighted by atomic mass is 9.83. The van der Waals surface area contributed by atoms with Gasteiger partial charge in [0, 0.05) is 19.2 Å². The second-order valence-electron chi connectivity index (χ2n) is 15.7. The molecule has 0 aliphatic carbocycles. The summed E-state index contributed by atoms with van der Waals surface area (Å²) in [4.78, 5) is 48.7. The molecule has 290 valence electrons. The molecular weight excluding hydrogens is 680 g/mol. The Morgan fingerprint density at radius 2 is 1.87 bits per heavy atom. The second-order valence-corrected chi connectivity index (χ2v) is 15.7. The van der Waals surface area contributed by atoms with Crippen LogP contribution < -0.4 is 0 Å². The Hall–Kier alpha value is -4.00. The van der Waals surface area contributed by atoms with Crippen LogP contribution in [0.1, 0.15) is 79.1 Å². The number of aliphatic hydroxyl groups excluding tert-OH is 1. The van der Waals surface area contributed by atoms with Crippen LogP contribution in [-0.2, 0) is 49.2 Å². The Kier molecular flexibility index (Phi) is 13.2. The number of H-pyrrole nitrogens is 1. The molecule has 0 aromatic carbocycles. The third-order valence-corrected chi connectivity index (χ3v) is 10.3. The summed E-state index contributed by atoms with van der Waals surface area (Å²) in [5, 5.41) is 10.3. The first-order valence-electron chi connectivity index (χ1n) is 18.7. The number of carbonyl (C=O) groups is 3. The number of aromatic amines is 1. The predicted octanol–water partition coefficient (Wildman–Crippen LogP) is 5.35. The Morgan fingerprint density at radius 3 is 2.57 bits per heavy atom. The third kappa shape index (κ3) is 9.39. The van der Waals surface area contributed by atoms with E-state index in [4.69, 9.17) is 33.4 Å². The van der Waals surface area contributed by atoms with Crippen molar-refractivity contribution in [3.05, 3.63) is 70.1 Å². The van der Waals surface area contributed by atoms with Crippen LogP contribution in [0.25, 0.3) is 0 Å². The molecule has 0 unspecified atom stereocenters. The van der Waals surface area contributed by atoms with E-state index in [1.54, 1.807) is 14.0 Å². The Labute approximate surface area is 312 Å². The number of nitrogens with zero attached hydrogens (tertiary/aromatic N) is 1. The van der Waals surface area contributed by atoms with Gasteiger partial charge >= 0.3 is 17.9 Å². The maximum Gasteiger partial charge on any atom is 0.318 e. The highest BCUT2D eigenvalue weighted by molar-refractivity contribution is 5.94. The maximum absolute atomic E-state index is 13.8. The van der Waals surface area contributed by atoms with E-state index in [2.05, 4.69) is 31.8 Å². The van der Waals surface area contributed by atoms with E-state index in [0.29, 0.717) is 49.1 Å². The summed E-state index contributed by atoms with van der Waals surface area (Å²) in [5.41, 5.74) is 3.92. The highest BCUT2D eigenvalue weighted by atomic mass is 16.6. The van der Waals surface area contributed by atoms with Gasteiger partial charge in [-0.1, -0.05) is 45.9 Å². The number of aliphatic imine (C=N–C) groups is 1. The van der Waals surface area contributed by atoms with E-state index in [1.807, 2.05) is 44.2 Å². The standard InChI is InChI=1S/C41H56N2O10/c1-23(2)16-27-18-35(45)52-37-36(53-40(47)41(37,7)22-44)26(6)11-12-28-13-14-31(42-28)38-43-32(34(51-38)21-50-39(27)46)19-29-30(25(5)10-9-15-48-8)20-49-33(29)17-24(3)4/h9-11,13-14,19,23-24,27,32-34,36-37,42,44H,12,15-18,20-22H2,1-8H3/b10-9+,26-11+,29-19-,30-25+/t27-,32-,33-,34-,36-,37-,41+/m0/s1. The third-order valence-electron chi connectivity index (χ3n) is 10.3. The second kappa shape index (κ2) is 17.4. The van der Waals surface area contributed by atoms with Gasteiger partial charge in [0.1, 0.15) is 23.8 Å². The number of ether oxygens (including phenoxy) is 6. The van der Waals surface area contributed by atoms with Crippen LogP contribution in [0.4, 0.5) is 0 Å². The van der Waals surface area contributed by atoms with E-state index in [-0.39, 0.29) is 25.0 Å². The van der Waals surface area contributed by atoms with E-state index in [9.17, 15) is 19.5 Å². The van der Waals surface area contributed by atoms with Crippen LogP contribution in [0.15, 0.2) is 63.7 Å². The van der Waals surface area contributed by atoms with Gasteiger partial charge in [-0.25, -0.2) is 4.99 Å². The topological polar surface area (TPSA) is 155 Å². The van der Waals surface area contributed by atoms with Crippen molar-refractivity contribution in [1.82, 2.24) is 4.98 Å². The molecule has 12 nitrogen and oxygen atoms in total. The number of hydrogen-bond acceptors (Lipinski definition) is 11. The quantitative estimate of drug-likeness (QED) is 0.193. The van der Waals surface area contributed by atoms with Gasteiger partial charge in [-0.15, -0.1) is 0 Å². The van der Waals surface area contributed by atoms with Gasteiger partial charge in [0.25, 0.3) is 0 Å². The average Bonchev–Trinajstić information content (AvgIpc) is 3.89. The molecule has 4 bridgehead atoms. The number of methoxy groups -OCH3 is 1. The smallest absolute Gasteiger partial charge is 0.318 e. The van der Waals surface area contributed by atoms with E-state index in [0.717, 1.165) is 28.8 Å². The van der Waals surface area contributed by atoms with Gasteiger partial charge in [-0.3, -0.25) is 14.4 Å². The van der Waals surface area contributed by atoms with Gasteiger partial charge in [-0.2, -0.15) is 0 Å². The van der Waals surface area contributed by atoms with Gasteiger partial charge in [0.2, 0.25) is 5.90 Å². The van der Waals surface area contributed by atoms with Crippen LogP contribution in [-0.4, -0.2) is 97.9 Å². The Bertz CT molecular complexity index is 1670. The van der Waals surface area contributed by atoms with Gasteiger partial charge in [0.15, 0.2) is 18.3 Å². The molecule has 5 rings (SSSR count).